The molecule has 1 aliphatic heterocycles. The SMILES string of the molecule is Nc1c(F)cccc1C(=O)N1CCCCc2ccccc21. The average molecular weight is 284 g/mol. The first-order valence-electron chi connectivity index (χ1n) is 7.12. The van der Waals surface area contributed by atoms with Crippen molar-refractivity contribution in [2.75, 3.05) is 17.2 Å². The van der Waals surface area contributed by atoms with Crippen LogP contribution in [0.2, 0.25) is 0 Å². The van der Waals surface area contributed by atoms with Crippen LogP contribution in [-0.2, 0) is 6.42 Å². The highest BCUT2D eigenvalue weighted by Gasteiger charge is 2.24. The molecule has 108 valence electrons. The molecule has 1 heterocycles. The summed E-state index contributed by atoms with van der Waals surface area (Å²) in [4.78, 5) is 14.5. The van der Waals surface area contributed by atoms with Crippen molar-refractivity contribution in [3.63, 3.8) is 0 Å². The Labute approximate surface area is 123 Å². The van der Waals surface area contributed by atoms with E-state index in [0.29, 0.717) is 6.54 Å². The Balaban J connectivity index is 2.03. The summed E-state index contributed by atoms with van der Waals surface area (Å²) >= 11 is 0. The number of aryl methyl sites for hydroxylation is 1. The van der Waals surface area contributed by atoms with E-state index < -0.39 is 5.82 Å². The number of nitrogens with zero attached hydrogens (tertiary/aromatic N) is 1. The molecule has 0 fully saturated rings. The number of benzene rings is 2. The molecular formula is C17H17FN2O. The minimum atomic E-state index is -0.552. The van der Waals surface area contributed by atoms with Gasteiger partial charge in [0.1, 0.15) is 5.82 Å². The quantitative estimate of drug-likeness (QED) is 0.816. The number of anilines is 2. The highest BCUT2D eigenvalue weighted by Crippen LogP contribution is 2.29. The summed E-state index contributed by atoms with van der Waals surface area (Å²) in [5, 5.41) is 0. The molecule has 0 radical (unpaired) electrons. The van der Waals surface area contributed by atoms with Gasteiger partial charge in [0.2, 0.25) is 0 Å². The Bertz CT molecular complexity index is 684. The minimum Gasteiger partial charge on any atom is -0.396 e. The third-order valence-corrected chi connectivity index (χ3v) is 3.89. The van der Waals surface area contributed by atoms with Crippen LogP contribution in [0.15, 0.2) is 42.5 Å². The van der Waals surface area contributed by atoms with Crippen LogP contribution in [0, 0.1) is 5.82 Å². The van der Waals surface area contributed by atoms with Gasteiger partial charge in [0.15, 0.2) is 0 Å². The van der Waals surface area contributed by atoms with Crippen LogP contribution in [0.3, 0.4) is 0 Å². The van der Waals surface area contributed by atoms with Crippen molar-refractivity contribution >= 4 is 17.3 Å². The number of carbonyl (C=O) groups is 1. The van der Waals surface area contributed by atoms with Crippen LogP contribution >= 0.6 is 0 Å². The van der Waals surface area contributed by atoms with Crippen molar-refractivity contribution in [1.82, 2.24) is 0 Å². The minimum absolute atomic E-state index is 0.0794. The molecular weight excluding hydrogens is 267 g/mol. The predicted molar refractivity (Wildman–Crippen MR) is 81.9 cm³/mol. The van der Waals surface area contributed by atoms with Gasteiger partial charge in [0.05, 0.1) is 11.3 Å². The number of nitrogens with two attached hydrogens (primary N) is 1. The Kier molecular flexibility index (Phi) is 3.60. The number of rotatable bonds is 1. The maximum absolute atomic E-state index is 13.6. The zero-order chi connectivity index (χ0) is 14.8. The summed E-state index contributed by atoms with van der Waals surface area (Å²) < 4.78 is 13.6. The smallest absolute Gasteiger partial charge is 0.260 e. The highest BCUT2D eigenvalue weighted by molar-refractivity contribution is 6.09. The van der Waals surface area contributed by atoms with Crippen LogP contribution in [0.5, 0.6) is 0 Å². The highest BCUT2D eigenvalue weighted by atomic mass is 19.1. The summed E-state index contributed by atoms with van der Waals surface area (Å²) in [7, 11) is 0. The van der Waals surface area contributed by atoms with Crippen molar-refractivity contribution < 1.29 is 9.18 Å². The van der Waals surface area contributed by atoms with Crippen molar-refractivity contribution in [1.29, 1.82) is 0 Å². The van der Waals surface area contributed by atoms with E-state index in [4.69, 9.17) is 5.73 Å². The summed E-state index contributed by atoms with van der Waals surface area (Å²) in [6.07, 6.45) is 2.92. The van der Waals surface area contributed by atoms with Gasteiger partial charge in [-0.15, -0.1) is 0 Å². The first-order valence-corrected chi connectivity index (χ1v) is 7.12. The number of fused-ring (bicyclic) bond motifs is 1. The Morgan fingerprint density at radius 1 is 1.10 bits per heavy atom. The summed E-state index contributed by atoms with van der Waals surface area (Å²) in [6.45, 7) is 0.631. The van der Waals surface area contributed by atoms with E-state index in [1.54, 1.807) is 11.0 Å². The average Bonchev–Trinajstić information content (AvgIpc) is 2.72. The summed E-state index contributed by atoms with van der Waals surface area (Å²) in [5.74, 6) is -0.787. The fourth-order valence-corrected chi connectivity index (χ4v) is 2.77. The fraction of sp³-hybridized carbons (Fsp3) is 0.235. The maximum Gasteiger partial charge on any atom is 0.260 e. The van der Waals surface area contributed by atoms with Gasteiger partial charge < -0.3 is 10.6 Å². The van der Waals surface area contributed by atoms with E-state index in [1.807, 2.05) is 24.3 Å². The topological polar surface area (TPSA) is 46.3 Å². The molecule has 0 aromatic heterocycles. The monoisotopic (exact) mass is 284 g/mol. The number of para-hydroxylation sites is 2. The van der Waals surface area contributed by atoms with Crippen LogP contribution in [0.4, 0.5) is 15.8 Å². The summed E-state index contributed by atoms with van der Waals surface area (Å²) in [5.41, 5.74) is 7.93. The molecule has 4 heteroatoms. The molecule has 0 unspecified atom stereocenters. The molecule has 0 atom stereocenters. The van der Waals surface area contributed by atoms with Crippen molar-refractivity contribution in [3.05, 3.63) is 59.4 Å². The number of hydrogen-bond acceptors (Lipinski definition) is 2. The Hall–Kier alpha value is -2.36. The van der Waals surface area contributed by atoms with Gasteiger partial charge in [-0.2, -0.15) is 0 Å². The lowest BCUT2D eigenvalue weighted by Crippen LogP contribution is -2.32. The second kappa shape index (κ2) is 5.56. The molecule has 2 aromatic carbocycles. The molecule has 3 rings (SSSR count). The van der Waals surface area contributed by atoms with Crippen LogP contribution in [-0.4, -0.2) is 12.5 Å². The molecule has 3 nitrogen and oxygen atoms in total. The van der Waals surface area contributed by atoms with Crippen molar-refractivity contribution in [2.45, 2.75) is 19.3 Å². The first kappa shape index (κ1) is 13.6. The molecule has 2 N–H and O–H groups in total. The first-order chi connectivity index (χ1) is 10.2. The normalized spacial score (nSPS) is 14.4. The van der Waals surface area contributed by atoms with E-state index in [0.717, 1.165) is 30.5 Å². The van der Waals surface area contributed by atoms with Crippen molar-refractivity contribution in [2.24, 2.45) is 0 Å². The second-order valence-corrected chi connectivity index (χ2v) is 5.24. The lowest BCUT2D eigenvalue weighted by Gasteiger charge is -2.23. The molecule has 0 spiro atoms. The molecule has 0 bridgehead atoms. The standard InChI is InChI=1S/C17H17FN2O/c18-14-9-5-8-13(16(14)19)17(21)20-11-4-3-7-12-6-1-2-10-15(12)20/h1-2,5-6,8-10H,3-4,7,11,19H2. The molecule has 1 aliphatic rings. The molecule has 2 aromatic rings. The number of carbonyl (C=O) groups excluding carboxylic acids is 1. The lowest BCUT2D eigenvalue weighted by molar-refractivity contribution is 0.0987. The summed E-state index contributed by atoms with van der Waals surface area (Å²) in [6, 6.07) is 12.2. The largest absolute Gasteiger partial charge is 0.396 e. The Morgan fingerprint density at radius 3 is 2.76 bits per heavy atom. The van der Waals surface area contributed by atoms with E-state index in [9.17, 15) is 9.18 Å². The van der Waals surface area contributed by atoms with E-state index in [-0.39, 0.29) is 17.2 Å². The van der Waals surface area contributed by atoms with E-state index in [1.165, 1.54) is 12.1 Å². The number of hydrogen-bond donors (Lipinski definition) is 1. The van der Waals surface area contributed by atoms with Crippen LogP contribution in [0.25, 0.3) is 0 Å². The number of nitrogen functional groups attached to an aromatic ring is 1. The van der Waals surface area contributed by atoms with E-state index in [2.05, 4.69) is 0 Å². The van der Waals surface area contributed by atoms with Gasteiger partial charge >= 0.3 is 0 Å². The van der Waals surface area contributed by atoms with Crippen LogP contribution < -0.4 is 10.6 Å². The van der Waals surface area contributed by atoms with Gasteiger partial charge in [0.25, 0.3) is 5.91 Å². The van der Waals surface area contributed by atoms with Crippen molar-refractivity contribution in [3.8, 4) is 0 Å². The van der Waals surface area contributed by atoms with Gasteiger partial charge in [-0.1, -0.05) is 24.3 Å². The third kappa shape index (κ3) is 2.49. The maximum atomic E-state index is 13.6. The zero-order valence-electron chi connectivity index (χ0n) is 11.7. The lowest BCUT2D eigenvalue weighted by atomic mass is 10.1. The zero-order valence-corrected chi connectivity index (χ0v) is 11.7. The second-order valence-electron chi connectivity index (χ2n) is 5.24. The van der Waals surface area contributed by atoms with Gasteiger partial charge in [0, 0.05) is 12.2 Å². The number of halogens is 1. The third-order valence-electron chi connectivity index (χ3n) is 3.89. The fourth-order valence-electron chi connectivity index (χ4n) is 2.77. The van der Waals surface area contributed by atoms with E-state index >= 15 is 0 Å². The van der Waals surface area contributed by atoms with Crippen LogP contribution in [0.1, 0.15) is 28.8 Å². The molecule has 0 aliphatic carbocycles. The van der Waals surface area contributed by atoms with Gasteiger partial charge in [-0.25, -0.2) is 4.39 Å². The van der Waals surface area contributed by atoms with Gasteiger partial charge in [-0.05, 0) is 43.0 Å². The molecule has 0 saturated heterocycles. The van der Waals surface area contributed by atoms with Gasteiger partial charge in [-0.3, -0.25) is 4.79 Å². The number of amides is 1. The Morgan fingerprint density at radius 2 is 1.90 bits per heavy atom. The predicted octanol–water partition coefficient (Wildman–Crippen LogP) is 3.39. The molecule has 21 heavy (non-hydrogen) atoms. The molecule has 0 saturated carbocycles. The molecule has 1 amide bonds.